The summed E-state index contributed by atoms with van der Waals surface area (Å²) in [5, 5.41) is 3.20. The van der Waals surface area contributed by atoms with Crippen molar-refractivity contribution >= 4 is 16.0 Å². The van der Waals surface area contributed by atoms with Crippen LogP contribution in [0, 0.1) is 5.92 Å². The van der Waals surface area contributed by atoms with Gasteiger partial charge in [-0.25, -0.2) is 13.1 Å². The molecule has 0 atom stereocenters. The third-order valence-corrected chi connectivity index (χ3v) is 4.81. The molecule has 1 fully saturated rings. The third-order valence-electron chi connectivity index (χ3n) is 3.41. The fourth-order valence-electron chi connectivity index (χ4n) is 2.04. The Labute approximate surface area is 116 Å². The van der Waals surface area contributed by atoms with Gasteiger partial charge >= 0.3 is 0 Å². The average Bonchev–Trinajstić information content (AvgIpc) is 2.40. The van der Waals surface area contributed by atoms with Crippen molar-refractivity contribution in [3.8, 4) is 0 Å². The molecule has 1 saturated heterocycles. The molecule has 1 heterocycles. The van der Waals surface area contributed by atoms with E-state index in [0.29, 0.717) is 13.1 Å². The number of nitrogens with one attached hydrogen (secondary N) is 2. The Morgan fingerprint density at radius 2 is 1.95 bits per heavy atom. The van der Waals surface area contributed by atoms with Crippen molar-refractivity contribution in [3.63, 3.8) is 0 Å². The maximum atomic E-state index is 11.3. The predicted molar refractivity (Wildman–Crippen MR) is 78.8 cm³/mol. The van der Waals surface area contributed by atoms with Crippen LogP contribution in [0.4, 0.5) is 0 Å². The number of rotatable bonds is 5. The van der Waals surface area contributed by atoms with Crippen LogP contribution in [-0.2, 0) is 10.0 Å². The van der Waals surface area contributed by atoms with Gasteiger partial charge in [0.05, 0.1) is 5.75 Å². The number of piperidine rings is 1. The van der Waals surface area contributed by atoms with Crippen LogP contribution in [0.25, 0.3) is 0 Å². The normalized spacial score (nSPS) is 18.7. The van der Waals surface area contributed by atoms with Gasteiger partial charge in [0, 0.05) is 33.2 Å². The third kappa shape index (κ3) is 5.78. The Hall–Kier alpha value is -0.820. The van der Waals surface area contributed by atoms with Crippen molar-refractivity contribution in [2.75, 3.05) is 39.0 Å². The zero-order valence-electron chi connectivity index (χ0n) is 12.1. The van der Waals surface area contributed by atoms with Crippen molar-refractivity contribution < 1.29 is 8.42 Å². The number of sulfonamides is 1. The molecule has 6 nitrogen and oxygen atoms in total. The van der Waals surface area contributed by atoms with E-state index in [4.69, 9.17) is 0 Å². The van der Waals surface area contributed by atoms with E-state index >= 15 is 0 Å². The molecule has 1 aliphatic rings. The van der Waals surface area contributed by atoms with E-state index < -0.39 is 10.0 Å². The molecule has 0 bridgehead atoms. The van der Waals surface area contributed by atoms with E-state index in [0.717, 1.165) is 25.0 Å². The lowest BCUT2D eigenvalue weighted by Gasteiger charge is -2.32. The number of aliphatic imine (C=N–C) groups is 1. The van der Waals surface area contributed by atoms with Gasteiger partial charge in [0.25, 0.3) is 0 Å². The lowest BCUT2D eigenvalue weighted by molar-refractivity contribution is 0.273. The molecule has 0 saturated carbocycles. The molecule has 0 aliphatic carbocycles. The maximum Gasteiger partial charge on any atom is 0.211 e. The summed E-state index contributed by atoms with van der Waals surface area (Å²) < 4.78 is 25.1. The minimum absolute atomic E-state index is 0.117. The molecule has 2 N–H and O–H groups in total. The van der Waals surface area contributed by atoms with E-state index in [1.165, 1.54) is 12.8 Å². The van der Waals surface area contributed by atoms with Gasteiger partial charge in [0.1, 0.15) is 0 Å². The standard InChI is InChI=1S/C12H26N4O2S/c1-4-19(17,18)15-8-7-14-12(13-3)16-9-5-11(2)6-10-16/h11,15H,4-10H2,1-3H3,(H,13,14). The number of hydrogen-bond donors (Lipinski definition) is 2. The van der Waals surface area contributed by atoms with Gasteiger partial charge in [-0.3, -0.25) is 4.99 Å². The minimum atomic E-state index is -3.10. The fourth-order valence-corrected chi connectivity index (χ4v) is 2.65. The predicted octanol–water partition coefficient (Wildman–Crippen LogP) is 0.233. The van der Waals surface area contributed by atoms with E-state index in [2.05, 4.69) is 26.9 Å². The molecule has 0 aromatic rings. The first-order valence-electron chi connectivity index (χ1n) is 6.91. The number of guanidine groups is 1. The molecule has 7 heteroatoms. The molecular formula is C12H26N4O2S. The van der Waals surface area contributed by atoms with Crippen LogP contribution in [0.2, 0.25) is 0 Å². The van der Waals surface area contributed by atoms with Gasteiger partial charge in [0.2, 0.25) is 10.0 Å². The summed E-state index contributed by atoms with van der Waals surface area (Å²) in [6.45, 7) is 6.87. The Morgan fingerprint density at radius 3 is 2.47 bits per heavy atom. The SMILES string of the molecule is CCS(=O)(=O)NCCNC(=NC)N1CCC(C)CC1. The highest BCUT2D eigenvalue weighted by Crippen LogP contribution is 2.15. The average molecular weight is 290 g/mol. The van der Waals surface area contributed by atoms with Crippen molar-refractivity contribution in [3.05, 3.63) is 0 Å². The Morgan fingerprint density at radius 1 is 1.32 bits per heavy atom. The molecule has 1 rings (SSSR count). The van der Waals surface area contributed by atoms with Gasteiger partial charge < -0.3 is 10.2 Å². The van der Waals surface area contributed by atoms with E-state index in [9.17, 15) is 8.42 Å². The van der Waals surface area contributed by atoms with Crippen LogP contribution in [0.3, 0.4) is 0 Å². The summed E-state index contributed by atoms with van der Waals surface area (Å²) in [5.74, 6) is 1.76. The zero-order chi connectivity index (χ0) is 14.3. The number of hydrogen-bond acceptors (Lipinski definition) is 3. The van der Waals surface area contributed by atoms with E-state index in [1.54, 1.807) is 14.0 Å². The van der Waals surface area contributed by atoms with Crippen LogP contribution < -0.4 is 10.0 Å². The second-order valence-electron chi connectivity index (χ2n) is 4.94. The highest BCUT2D eigenvalue weighted by molar-refractivity contribution is 7.89. The molecule has 0 aromatic heterocycles. The molecule has 0 amide bonds. The largest absolute Gasteiger partial charge is 0.355 e. The van der Waals surface area contributed by atoms with Crippen LogP contribution in [-0.4, -0.2) is 58.3 Å². The Bertz CT molecular complexity index is 387. The van der Waals surface area contributed by atoms with Gasteiger partial charge in [-0.15, -0.1) is 0 Å². The van der Waals surface area contributed by atoms with Crippen molar-refractivity contribution in [1.29, 1.82) is 0 Å². The topological polar surface area (TPSA) is 73.8 Å². The minimum Gasteiger partial charge on any atom is -0.355 e. The highest BCUT2D eigenvalue weighted by Gasteiger charge is 2.18. The van der Waals surface area contributed by atoms with Crippen LogP contribution in [0.1, 0.15) is 26.7 Å². The van der Waals surface area contributed by atoms with Gasteiger partial charge in [-0.1, -0.05) is 6.92 Å². The number of nitrogens with zero attached hydrogens (tertiary/aromatic N) is 2. The van der Waals surface area contributed by atoms with E-state index in [-0.39, 0.29) is 5.75 Å². The summed E-state index contributed by atoms with van der Waals surface area (Å²) in [4.78, 5) is 6.48. The maximum absolute atomic E-state index is 11.3. The quantitative estimate of drug-likeness (QED) is 0.432. The first kappa shape index (κ1) is 16.2. The Balaban J connectivity index is 2.30. The van der Waals surface area contributed by atoms with Crippen molar-refractivity contribution in [1.82, 2.24) is 14.9 Å². The number of likely N-dealkylation sites (tertiary alicyclic amines) is 1. The lowest BCUT2D eigenvalue weighted by Crippen LogP contribution is -2.47. The first-order valence-corrected chi connectivity index (χ1v) is 8.56. The molecule has 0 radical (unpaired) electrons. The summed E-state index contributed by atoms with van der Waals surface area (Å²) in [7, 11) is -1.34. The first-order chi connectivity index (χ1) is 8.98. The van der Waals surface area contributed by atoms with E-state index in [1.807, 2.05) is 0 Å². The molecule has 0 aromatic carbocycles. The molecule has 112 valence electrons. The Kier molecular flexibility index (Phi) is 6.57. The summed E-state index contributed by atoms with van der Waals surface area (Å²) in [6, 6.07) is 0. The lowest BCUT2D eigenvalue weighted by atomic mass is 10.00. The molecular weight excluding hydrogens is 264 g/mol. The molecule has 1 aliphatic heterocycles. The second-order valence-corrected chi connectivity index (χ2v) is 7.04. The summed E-state index contributed by atoms with van der Waals surface area (Å²) in [6.07, 6.45) is 2.37. The highest BCUT2D eigenvalue weighted by atomic mass is 32.2. The second kappa shape index (κ2) is 7.69. The van der Waals surface area contributed by atoms with Crippen LogP contribution in [0.15, 0.2) is 4.99 Å². The molecule has 0 spiro atoms. The zero-order valence-corrected chi connectivity index (χ0v) is 13.0. The van der Waals surface area contributed by atoms with Crippen LogP contribution >= 0.6 is 0 Å². The van der Waals surface area contributed by atoms with Gasteiger partial charge in [-0.2, -0.15) is 0 Å². The summed E-state index contributed by atoms with van der Waals surface area (Å²) >= 11 is 0. The monoisotopic (exact) mass is 290 g/mol. The van der Waals surface area contributed by atoms with Crippen molar-refractivity contribution in [2.24, 2.45) is 10.9 Å². The fraction of sp³-hybridized carbons (Fsp3) is 0.917. The van der Waals surface area contributed by atoms with Gasteiger partial charge in [-0.05, 0) is 25.7 Å². The van der Waals surface area contributed by atoms with Gasteiger partial charge in [0.15, 0.2) is 5.96 Å². The van der Waals surface area contributed by atoms with Crippen LogP contribution in [0.5, 0.6) is 0 Å². The molecule has 19 heavy (non-hydrogen) atoms. The van der Waals surface area contributed by atoms with Crippen molar-refractivity contribution in [2.45, 2.75) is 26.7 Å². The molecule has 0 unspecified atom stereocenters. The summed E-state index contributed by atoms with van der Waals surface area (Å²) in [5.41, 5.74) is 0. The smallest absolute Gasteiger partial charge is 0.211 e.